The van der Waals surface area contributed by atoms with Crippen molar-refractivity contribution in [3.05, 3.63) is 17.3 Å². The van der Waals surface area contributed by atoms with E-state index in [0.717, 1.165) is 24.1 Å². The molecule has 1 aliphatic heterocycles. The molecule has 0 bridgehead atoms. The fourth-order valence-electron chi connectivity index (χ4n) is 3.33. The number of rotatable bonds is 4. The van der Waals surface area contributed by atoms with E-state index in [9.17, 15) is 4.79 Å². The first-order valence-electron chi connectivity index (χ1n) is 9.17. The van der Waals surface area contributed by atoms with Crippen molar-refractivity contribution in [1.29, 1.82) is 0 Å². The summed E-state index contributed by atoms with van der Waals surface area (Å²) in [7, 11) is 1.84. The third kappa shape index (κ3) is 4.31. The van der Waals surface area contributed by atoms with Gasteiger partial charge in [0.1, 0.15) is 11.7 Å². The van der Waals surface area contributed by atoms with E-state index in [-0.39, 0.29) is 18.2 Å². The van der Waals surface area contributed by atoms with Crippen molar-refractivity contribution in [2.45, 2.75) is 72.1 Å². The maximum atomic E-state index is 12.5. The van der Waals surface area contributed by atoms with Gasteiger partial charge in [-0.1, -0.05) is 6.08 Å². The Balaban J connectivity index is 2.19. The van der Waals surface area contributed by atoms with E-state index in [0.29, 0.717) is 18.1 Å². The van der Waals surface area contributed by atoms with Gasteiger partial charge in [0.15, 0.2) is 0 Å². The minimum Gasteiger partial charge on any atom is -0.472 e. The van der Waals surface area contributed by atoms with E-state index in [1.807, 2.05) is 54.7 Å². The van der Waals surface area contributed by atoms with E-state index >= 15 is 0 Å². The van der Waals surface area contributed by atoms with Crippen LogP contribution in [0.3, 0.4) is 0 Å². The van der Waals surface area contributed by atoms with Gasteiger partial charge in [0.2, 0.25) is 5.88 Å². The number of aromatic nitrogens is 2. The molecular weight excluding hydrogens is 332 g/mol. The highest BCUT2D eigenvalue weighted by atomic mass is 16.6. The topological polar surface area (TPSA) is 82.6 Å². The first-order chi connectivity index (χ1) is 12.0. The molecule has 0 aliphatic carbocycles. The van der Waals surface area contributed by atoms with E-state index in [2.05, 4.69) is 5.10 Å². The highest BCUT2D eigenvalue weighted by molar-refractivity contribution is 5.69. The second-order valence-corrected chi connectivity index (χ2v) is 7.84. The first kappa shape index (κ1) is 20.1. The number of nitrogens with zero attached hydrogens (tertiary/aromatic N) is 3. The second-order valence-electron chi connectivity index (χ2n) is 7.84. The lowest BCUT2D eigenvalue weighted by Gasteiger charge is -2.32. The van der Waals surface area contributed by atoms with Crippen LogP contribution in [-0.2, 0) is 11.8 Å². The van der Waals surface area contributed by atoms with Crippen molar-refractivity contribution >= 4 is 11.8 Å². The van der Waals surface area contributed by atoms with Gasteiger partial charge in [-0.2, -0.15) is 5.10 Å². The van der Waals surface area contributed by atoms with Crippen molar-refractivity contribution in [2.75, 3.05) is 6.54 Å². The van der Waals surface area contributed by atoms with Crippen molar-refractivity contribution in [3.63, 3.8) is 0 Å². The van der Waals surface area contributed by atoms with Gasteiger partial charge >= 0.3 is 6.09 Å². The zero-order valence-corrected chi connectivity index (χ0v) is 17.0. The molecule has 1 saturated heterocycles. The Labute approximate surface area is 156 Å². The molecule has 2 rings (SSSR count). The summed E-state index contributed by atoms with van der Waals surface area (Å²) < 4.78 is 13.5. The molecule has 0 aromatic carbocycles. The smallest absolute Gasteiger partial charge is 0.410 e. The molecule has 1 amide bonds. The average Bonchev–Trinajstić information content (AvgIpc) is 3.10. The Hall–Kier alpha value is -2.18. The number of amides is 1. The maximum Gasteiger partial charge on any atom is 0.410 e. The quantitative estimate of drug-likeness (QED) is 0.887. The number of carbonyl (C=O) groups excluding carboxylic acids is 1. The molecule has 1 aromatic heterocycles. The fraction of sp³-hybridized carbons (Fsp3) is 0.684. The SMILES string of the molecule is C/C=C(\N)c1c(C)nn(C)c1O[C@@H](C)[C@H]1CCCN1C(=O)OC(C)(C)C. The lowest BCUT2D eigenvalue weighted by molar-refractivity contribution is 0.0103. The van der Waals surface area contributed by atoms with Gasteiger partial charge in [-0.15, -0.1) is 0 Å². The number of likely N-dealkylation sites (tertiary alicyclic amines) is 1. The van der Waals surface area contributed by atoms with Gasteiger partial charge in [0.25, 0.3) is 0 Å². The van der Waals surface area contributed by atoms with Crippen molar-refractivity contribution in [1.82, 2.24) is 14.7 Å². The molecule has 1 aromatic rings. The summed E-state index contributed by atoms with van der Waals surface area (Å²) in [5.74, 6) is 0.627. The van der Waals surface area contributed by atoms with Gasteiger partial charge < -0.3 is 20.1 Å². The summed E-state index contributed by atoms with van der Waals surface area (Å²) in [5.41, 5.74) is 7.88. The molecule has 7 heteroatoms. The van der Waals surface area contributed by atoms with Crippen LogP contribution < -0.4 is 10.5 Å². The summed E-state index contributed by atoms with van der Waals surface area (Å²) in [4.78, 5) is 14.3. The fourth-order valence-corrected chi connectivity index (χ4v) is 3.33. The van der Waals surface area contributed by atoms with E-state index in [1.54, 1.807) is 9.58 Å². The number of nitrogens with two attached hydrogens (primary N) is 1. The summed E-state index contributed by atoms with van der Waals surface area (Å²) >= 11 is 0. The predicted octanol–water partition coefficient (Wildman–Crippen LogP) is 3.21. The zero-order chi connectivity index (χ0) is 19.6. The van der Waals surface area contributed by atoms with Crippen LogP contribution in [0, 0.1) is 6.92 Å². The molecule has 0 unspecified atom stereocenters. The number of hydrogen-bond donors (Lipinski definition) is 1. The average molecular weight is 364 g/mol. The lowest BCUT2D eigenvalue weighted by atomic mass is 10.1. The maximum absolute atomic E-state index is 12.5. The van der Waals surface area contributed by atoms with Gasteiger partial charge in [-0.3, -0.25) is 0 Å². The molecule has 0 saturated carbocycles. The summed E-state index contributed by atoms with van der Waals surface area (Å²) in [5, 5.41) is 4.43. The minimum atomic E-state index is -0.513. The Kier molecular flexibility index (Phi) is 5.88. The molecule has 0 spiro atoms. The molecule has 146 valence electrons. The first-order valence-corrected chi connectivity index (χ1v) is 9.17. The van der Waals surface area contributed by atoms with Crippen LogP contribution in [0.25, 0.3) is 5.70 Å². The summed E-state index contributed by atoms with van der Waals surface area (Å²) in [6, 6.07) is -0.0419. The van der Waals surface area contributed by atoms with Gasteiger partial charge in [-0.05, 0) is 54.4 Å². The van der Waals surface area contributed by atoms with Crippen LogP contribution in [-0.4, -0.2) is 45.1 Å². The minimum absolute atomic E-state index is 0.0419. The monoisotopic (exact) mass is 364 g/mol. The Morgan fingerprint density at radius 1 is 1.42 bits per heavy atom. The van der Waals surface area contributed by atoms with E-state index < -0.39 is 5.60 Å². The molecule has 7 nitrogen and oxygen atoms in total. The highest BCUT2D eigenvalue weighted by Gasteiger charge is 2.37. The predicted molar refractivity (Wildman–Crippen MR) is 102 cm³/mol. The van der Waals surface area contributed by atoms with Crippen LogP contribution in [0.15, 0.2) is 6.08 Å². The second kappa shape index (κ2) is 7.60. The standard InChI is InChI=1S/C19H32N4O3/c1-8-14(20)16-12(2)21-22(7)17(16)25-13(3)15-10-9-11-23(15)18(24)26-19(4,5)6/h8,13,15H,9-11,20H2,1-7H3/b14-8-/t13-,15+/m0/s1. The highest BCUT2D eigenvalue weighted by Crippen LogP contribution is 2.30. The van der Waals surface area contributed by atoms with Crippen molar-refractivity contribution < 1.29 is 14.3 Å². The third-order valence-electron chi connectivity index (χ3n) is 4.54. The Bertz CT molecular complexity index is 688. The number of allylic oxidation sites excluding steroid dienone is 1. The van der Waals surface area contributed by atoms with Crippen LogP contribution in [0.5, 0.6) is 5.88 Å². The third-order valence-corrected chi connectivity index (χ3v) is 4.54. The summed E-state index contributed by atoms with van der Waals surface area (Å²) in [6.07, 6.45) is 3.16. The lowest BCUT2D eigenvalue weighted by Crippen LogP contribution is -2.46. The molecule has 2 N–H and O–H groups in total. The number of aryl methyl sites for hydroxylation is 2. The Morgan fingerprint density at radius 2 is 2.08 bits per heavy atom. The van der Waals surface area contributed by atoms with Crippen LogP contribution in [0.1, 0.15) is 58.7 Å². The largest absolute Gasteiger partial charge is 0.472 e. The van der Waals surface area contributed by atoms with Gasteiger partial charge in [0, 0.05) is 19.3 Å². The van der Waals surface area contributed by atoms with Gasteiger partial charge in [-0.25, -0.2) is 9.48 Å². The zero-order valence-electron chi connectivity index (χ0n) is 17.0. The normalized spacial score (nSPS) is 19.6. The molecular formula is C19H32N4O3. The number of ether oxygens (including phenoxy) is 2. The van der Waals surface area contributed by atoms with Crippen LogP contribution in [0.2, 0.25) is 0 Å². The van der Waals surface area contributed by atoms with Crippen LogP contribution in [0.4, 0.5) is 4.79 Å². The molecule has 1 aliphatic rings. The molecule has 0 radical (unpaired) electrons. The van der Waals surface area contributed by atoms with Crippen molar-refractivity contribution in [2.24, 2.45) is 12.8 Å². The molecule has 26 heavy (non-hydrogen) atoms. The van der Waals surface area contributed by atoms with Crippen LogP contribution >= 0.6 is 0 Å². The van der Waals surface area contributed by atoms with Crippen molar-refractivity contribution in [3.8, 4) is 5.88 Å². The molecule has 2 heterocycles. The number of carbonyl (C=O) groups is 1. The Morgan fingerprint density at radius 3 is 2.65 bits per heavy atom. The molecule has 2 atom stereocenters. The number of hydrogen-bond acceptors (Lipinski definition) is 5. The van der Waals surface area contributed by atoms with E-state index in [1.165, 1.54) is 0 Å². The van der Waals surface area contributed by atoms with E-state index in [4.69, 9.17) is 15.2 Å². The summed E-state index contributed by atoms with van der Waals surface area (Å²) in [6.45, 7) is 12.1. The van der Waals surface area contributed by atoms with Gasteiger partial charge in [0.05, 0.1) is 17.3 Å². The molecule has 1 fully saturated rings.